The predicted octanol–water partition coefficient (Wildman–Crippen LogP) is 0.746. The van der Waals surface area contributed by atoms with Crippen LogP contribution in [0.25, 0.3) is 5.69 Å². The zero-order valence-corrected chi connectivity index (χ0v) is 16.1. The third kappa shape index (κ3) is 3.62. The standard InChI is InChI=1S/C20H19N7O3/c1-20(15-8-5-9-16(10-15)27-13-22-24-25-27)18(29)26(19(30)23-20)12-17(28)21-11-14-6-3-2-4-7-14/h2-10,13H,11-12H2,1H3,(H,21,28)(H,23,30)/t20-/m1/s1. The van der Waals surface area contributed by atoms with Crippen molar-refractivity contribution < 1.29 is 14.4 Å². The number of amides is 4. The summed E-state index contributed by atoms with van der Waals surface area (Å²) in [7, 11) is 0. The molecule has 1 fully saturated rings. The number of nitrogens with one attached hydrogen (secondary N) is 2. The van der Waals surface area contributed by atoms with Crippen LogP contribution in [0.3, 0.4) is 0 Å². The summed E-state index contributed by atoms with van der Waals surface area (Å²) < 4.78 is 1.45. The van der Waals surface area contributed by atoms with Crippen LogP contribution in [0, 0.1) is 0 Å². The number of aromatic nitrogens is 4. The first-order chi connectivity index (χ1) is 14.5. The molecule has 30 heavy (non-hydrogen) atoms. The van der Waals surface area contributed by atoms with Crippen LogP contribution < -0.4 is 10.6 Å². The van der Waals surface area contributed by atoms with E-state index in [2.05, 4.69) is 26.2 Å². The van der Waals surface area contributed by atoms with Crippen molar-refractivity contribution in [3.63, 3.8) is 0 Å². The number of rotatable bonds is 6. The number of hydrogen-bond donors (Lipinski definition) is 2. The molecule has 4 amide bonds. The fraction of sp³-hybridized carbons (Fsp3) is 0.200. The molecule has 0 unspecified atom stereocenters. The van der Waals surface area contributed by atoms with Crippen molar-refractivity contribution >= 4 is 17.8 Å². The largest absolute Gasteiger partial charge is 0.350 e. The minimum Gasteiger partial charge on any atom is -0.350 e. The first-order valence-electron chi connectivity index (χ1n) is 9.26. The molecule has 2 heterocycles. The van der Waals surface area contributed by atoms with Crippen LogP contribution in [0.15, 0.2) is 60.9 Å². The molecule has 2 N–H and O–H groups in total. The Morgan fingerprint density at radius 3 is 2.67 bits per heavy atom. The molecule has 10 heteroatoms. The molecule has 1 saturated heterocycles. The van der Waals surface area contributed by atoms with Gasteiger partial charge in [0.15, 0.2) is 0 Å². The van der Waals surface area contributed by atoms with Gasteiger partial charge >= 0.3 is 6.03 Å². The fourth-order valence-corrected chi connectivity index (χ4v) is 3.27. The quantitative estimate of drug-likeness (QED) is 0.584. The van der Waals surface area contributed by atoms with Crippen molar-refractivity contribution in [2.45, 2.75) is 19.0 Å². The van der Waals surface area contributed by atoms with Gasteiger partial charge in [-0.1, -0.05) is 42.5 Å². The van der Waals surface area contributed by atoms with E-state index in [9.17, 15) is 14.4 Å². The number of imide groups is 1. The van der Waals surface area contributed by atoms with Crippen molar-refractivity contribution in [1.82, 2.24) is 35.7 Å². The fourth-order valence-electron chi connectivity index (χ4n) is 3.27. The maximum atomic E-state index is 13.1. The molecule has 0 saturated carbocycles. The van der Waals surface area contributed by atoms with E-state index < -0.39 is 23.4 Å². The van der Waals surface area contributed by atoms with E-state index in [0.717, 1.165) is 10.5 Å². The summed E-state index contributed by atoms with van der Waals surface area (Å²) in [6.07, 6.45) is 1.43. The van der Waals surface area contributed by atoms with Gasteiger partial charge in [0, 0.05) is 6.54 Å². The lowest BCUT2D eigenvalue weighted by Crippen LogP contribution is -2.43. The summed E-state index contributed by atoms with van der Waals surface area (Å²) in [6.45, 7) is 1.56. The molecule has 10 nitrogen and oxygen atoms in total. The van der Waals surface area contributed by atoms with E-state index in [1.165, 1.54) is 11.0 Å². The van der Waals surface area contributed by atoms with Gasteiger partial charge in [-0.25, -0.2) is 9.48 Å². The normalized spacial score (nSPS) is 18.4. The molecule has 1 atom stereocenters. The van der Waals surface area contributed by atoms with Crippen LogP contribution in [0.5, 0.6) is 0 Å². The summed E-state index contributed by atoms with van der Waals surface area (Å²) in [5, 5.41) is 16.4. The average molecular weight is 405 g/mol. The van der Waals surface area contributed by atoms with Crippen LogP contribution in [0.2, 0.25) is 0 Å². The lowest BCUT2D eigenvalue weighted by Gasteiger charge is -2.22. The second kappa shape index (κ2) is 7.74. The van der Waals surface area contributed by atoms with Crippen LogP contribution >= 0.6 is 0 Å². The van der Waals surface area contributed by atoms with Gasteiger partial charge in [0.2, 0.25) is 5.91 Å². The van der Waals surface area contributed by atoms with Crippen molar-refractivity contribution in [3.05, 3.63) is 72.1 Å². The number of hydrogen-bond acceptors (Lipinski definition) is 6. The van der Waals surface area contributed by atoms with Crippen LogP contribution in [0.1, 0.15) is 18.1 Å². The number of urea groups is 1. The van der Waals surface area contributed by atoms with Crippen molar-refractivity contribution in [3.8, 4) is 5.69 Å². The van der Waals surface area contributed by atoms with E-state index in [4.69, 9.17) is 0 Å². The summed E-state index contributed by atoms with van der Waals surface area (Å²) >= 11 is 0. The highest BCUT2D eigenvalue weighted by Crippen LogP contribution is 2.29. The molecular formula is C20H19N7O3. The number of carbonyl (C=O) groups excluding carboxylic acids is 3. The third-order valence-electron chi connectivity index (χ3n) is 4.95. The van der Waals surface area contributed by atoms with Gasteiger partial charge in [-0.3, -0.25) is 14.5 Å². The molecule has 1 aromatic heterocycles. The minimum atomic E-state index is -1.30. The van der Waals surface area contributed by atoms with E-state index in [1.54, 1.807) is 31.2 Å². The lowest BCUT2D eigenvalue weighted by atomic mass is 9.91. The smallest absolute Gasteiger partial charge is 0.325 e. The lowest BCUT2D eigenvalue weighted by molar-refractivity contribution is -0.134. The van der Waals surface area contributed by atoms with Crippen LogP contribution in [-0.4, -0.2) is 49.5 Å². The topological polar surface area (TPSA) is 122 Å². The predicted molar refractivity (Wildman–Crippen MR) is 105 cm³/mol. The first-order valence-corrected chi connectivity index (χ1v) is 9.26. The Morgan fingerprint density at radius 2 is 1.93 bits per heavy atom. The Hall–Kier alpha value is -4.08. The molecule has 152 valence electrons. The molecule has 3 aromatic rings. The van der Waals surface area contributed by atoms with E-state index >= 15 is 0 Å². The number of carbonyl (C=O) groups is 3. The molecule has 0 bridgehead atoms. The van der Waals surface area contributed by atoms with Gasteiger partial charge in [0.25, 0.3) is 5.91 Å². The van der Waals surface area contributed by atoms with Gasteiger partial charge < -0.3 is 10.6 Å². The molecular weight excluding hydrogens is 386 g/mol. The summed E-state index contributed by atoms with van der Waals surface area (Å²) in [5.74, 6) is -0.926. The number of benzene rings is 2. The average Bonchev–Trinajstić information content (AvgIpc) is 3.37. The molecule has 2 aromatic carbocycles. The molecule has 0 radical (unpaired) electrons. The van der Waals surface area contributed by atoms with E-state index in [0.29, 0.717) is 17.8 Å². The third-order valence-corrected chi connectivity index (χ3v) is 4.95. The van der Waals surface area contributed by atoms with Gasteiger partial charge in [-0.2, -0.15) is 0 Å². The van der Waals surface area contributed by atoms with Crippen LogP contribution in [-0.2, 0) is 21.7 Å². The molecule has 1 aliphatic rings. The summed E-state index contributed by atoms with van der Waals surface area (Å²) in [6, 6.07) is 15.7. The van der Waals surface area contributed by atoms with Crippen LogP contribution in [0.4, 0.5) is 4.79 Å². The Labute approximate surface area is 171 Å². The second-order valence-corrected chi connectivity index (χ2v) is 7.01. The van der Waals surface area contributed by atoms with Gasteiger partial charge in [0.05, 0.1) is 5.69 Å². The van der Waals surface area contributed by atoms with Crippen molar-refractivity contribution in [2.75, 3.05) is 6.54 Å². The highest BCUT2D eigenvalue weighted by atomic mass is 16.2. The van der Waals surface area contributed by atoms with Gasteiger partial charge in [-0.05, 0) is 40.6 Å². The molecule has 0 spiro atoms. The molecule has 4 rings (SSSR count). The van der Waals surface area contributed by atoms with Gasteiger partial charge in [-0.15, -0.1) is 5.10 Å². The Bertz CT molecular complexity index is 1080. The number of nitrogens with zero attached hydrogens (tertiary/aromatic N) is 5. The summed E-state index contributed by atoms with van der Waals surface area (Å²) in [5.41, 5.74) is 0.814. The Morgan fingerprint density at radius 1 is 1.13 bits per heavy atom. The SMILES string of the molecule is C[C@]1(c2cccc(-n3cnnn3)c2)NC(=O)N(CC(=O)NCc2ccccc2)C1=O. The monoisotopic (exact) mass is 405 g/mol. The zero-order chi connectivity index (χ0) is 21.1. The van der Waals surface area contributed by atoms with E-state index in [-0.39, 0.29) is 6.54 Å². The summed E-state index contributed by atoms with van der Waals surface area (Å²) in [4.78, 5) is 38.8. The highest BCUT2D eigenvalue weighted by molar-refractivity contribution is 6.09. The van der Waals surface area contributed by atoms with Crippen molar-refractivity contribution in [1.29, 1.82) is 0 Å². The van der Waals surface area contributed by atoms with E-state index in [1.807, 2.05) is 30.3 Å². The van der Waals surface area contributed by atoms with Gasteiger partial charge in [0.1, 0.15) is 18.4 Å². The Kier molecular flexibility index (Phi) is 4.97. The number of tetrazole rings is 1. The molecule has 1 aliphatic heterocycles. The Balaban J connectivity index is 1.48. The second-order valence-electron chi connectivity index (χ2n) is 7.01. The van der Waals surface area contributed by atoms with Crippen molar-refractivity contribution in [2.24, 2.45) is 0 Å². The zero-order valence-electron chi connectivity index (χ0n) is 16.1. The maximum Gasteiger partial charge on any atom is 0.325 e. The first kappa shape index (κ1) is 19.2. The highest BCUT2D eigenvalue weighted by Gasteiger charge is 2.49. The minimum absolute atomic E-state index is 0.314. The maximum absolute atomic E-state index is 13.1. The molecule has 0 aliphatic carbocycles.